The molecule has 5 rings (SSSR count). The Labute approximate surface area is 186 Å². The third-order valence-electron chi connectivity index (χ3n) is 4.81. The smallest absolute Gasteiger partial charge is 0.268 e. The van der Waals surface area contributed by atoms with E-state index >= 15 is 0 Å². The molecule has 0 spiro atoms. The van der Waals surface area contributed by atoms with E-state index in [1.165, 1.54) is 10.3 Å². The van der Waals surface area contributed by atoms with Gasteiger partial charge in [-0.3, -0.25) is 0 Å². The second-order valence-electron chi connectivity index (χ2n) is 6.71. The number of aromatic nitrogens is 3. The molecule has 0 fully saturated rings. The highest BCUT2D eigenvalue weighted by atomic mass is 127. The third-order valence-corrected chi connectivity index (χ3v) is 7.19. The molecular weight excluding hydrogens is 511 g/mol. The van der Waals surface area contributed by atoms with Crippen LogP contribution in [0.5, 0.6) is 0 Å². The van der Waals surface area contributed by atoms with E-state index in [0.29, 0.717) is 11.3 Å². The van der Waals surface area contributed by atoms with Crippen molar-refractivity contribution in [3.05, 3.63) is 88.9 Å². The van der Waals surface area contributed by atoms with Gasteiger partial charge in [-0.15, -0.1) is 0 Å². The van der Waals surface area contributed by atoms with E-state index in [2.05, 4.69) is 37.9 Å². The van der Waals surface area contributed by atoms with Crippen LogP contribution >= 0.6 is 22.6 Å². The Balaban J connectivity index is 1.54. The maximum Gasteiger partial charge on any atom is 0.268 e. The minimum absolute atomic E-state index is 0.256. The number of nitrogens with zero attached hydrogens (tertiary/aromatic N) is 3. The van der Waals surface area contributed by atoms with Gasteiger partial charge in [0.25, 0.3) is 10.0 Å². The van der Waals surface area contributed by atoms with E-state index in [-0.39, 0.29) is 4.90 Å². The molecule has 0 radical (unpaired) electrons. The topological polar surface area (TPSA) is 76.9 Å². The molecule has 6 nitrogen and oxygen atoms in total. The van der Waals surface area contributed by atoms with Crippen molar-refractivity contribution in [3.63, 3.8) is 0 Å². The van der Waals surface area contributed by atoms with Crippen LogP contribution in [0.1, 0.15) is 0 Å². The van der Waals surface area contributed by atoms with Gasteiger partial charge in [0.1, 0.15) is 12.1 Å². The first-order valence-corrected chi connectivity index (χ1v) is 11.6. The van der Waals surface area contributed by atoms with Gasteiger partial charge in [0.2, 0.25) is 0 Å². The standard InChI is InChI=1S/C22H15IN4O2S/c23-16-6-8-20-19(13-16)22(25-14-24-20)26-17-7-9-21-15(12-17)10-11-27(21)30(28,29)18-4-2-1-3-5-18/h1-14H,(H,24,25,26). The van der Waals surface area contributed by atoms with E-state index in [4.69, 9.17) is 0 Å². The summed E-state index contributed by atoms with van der Waals surface area (Å²) in [7, 11) is -3.65. The van der Waals surface area contributed by atoms with Gasteiger partial charge in [-0.2, -0.15) is 0 Å². The minimum Gasteiger partial charge on any atom is -0.340 e. The van der Waals surface area contributed by atoms with Crippen molar-refractivity contribution in [1.29, 1.82) is 0 Å². The molecule has 5 aromatic rings. The maximum absolute atomic E-state index is 13.0. The first-order chi connectivity index (χ1) is 14.5. The van der Waals surface area contributed by atoms with Crippen molar-refractivity contribution in [1.82, 2.24) is 13.9 Å². The van der Waals surface area contributed by atoms with Crippen LogP contribution in [0.3, 0.4) is 0 Å². The highest BCUT2D eigenvalue weighted by Crippen LogP contribution is 2.28. The average molecular weight is 526 g/mol. The Morgan fingerprint density at radius 3 is 2.57 bits per heavy atom. The van der Waals surface area contributed by atoms with Crippen molar-refractivity contribution < 1.29 is 8.42 Å². The van der Waals surface area contributed by atoms with Gasteiger partial charge in [0, 0.05) is 26.2 Å². The molecule has 0 amide bonds. The number of hydrogen-bond donors (Lipinski definition) is 1. The Morgan fingerprint density at radius 2 is 1.73 bits per heavy atom. The van der Waals surface area contributed by atoms with Crippen molar-refractivity contribution in [3.8, 4) is 0 Å². The largest absolute Gasteiger partial charge is 0.340 e. The third kappa shape index (κ3) is 3.31. The molecule has 2 aromatic heterocycles. The molecule has 0 bridgehead atoms. The predicted molar refractivity (Wildman–Crippen MR) is 127 cm³/mol. The molecule has 8 heteroatoms. The van der Waals surface area contributed by atoms with Crippen LogP contribution in [0.15, 0.2) is 90.2 Å². The summed E-state index contributed by atoms with van der Waals surface area (Å²) in [6, 6.07) is 21.8. The lowest BCUT2D eigenvalue weighted by molar-refractivity contribution is 0.589. The van der Waals surface area contributed by atoms with Crippen LogP contribution < -0.4 is 5.32 Å². The SMILES string of the molecule is O=S(=O)(c1ccccc1)n1ccc2cc(Nc3ncnc4ccc(I)cc34)ccc21. The highest BCUT2D eigenvalue weighted by Gasteiger charge is 2.18. The van der Waals surface area contributed by atoms with E-state index < -0.39 is 10.0 Å². The summed E-state index contributed by atoms with van der Waals surface area (Å²) in [5.41, 5.74) is 2.29. The van der Waals surface area contributed by atoms with Gasteiger partial charge >= 0.3 is 0 Å². The predicted octanol–water partition coefficient (Wildman–Crippen LogP) is 5.17. The summed E-state index contributed by atoms with van der Waals surface area (Å²) in [4.78, 5) is 8.95. The van der Waals surface area contributed by atoms with Crippen LogP contribution in [0, 0.1) is 3.57 Å². The van der Waals surface area contributed by atoms with Crippen LogP contribution in [0.25, 0.3) is 21.8 Å². The van der Waals surface area contributed by atoms with Gasteiger partial charge in [-0.1, -0.05) is 18.2 Å². The fraction of sp³-hybridized carbons (Fsp3) is 0. The lowest BCUT2D eigenvalue weighted by atomic mass is 10.2. The molecule has 0 aliphatic heterocycles. The molecule has 0 aliphatic carbocycles. The quantitative estimate of drug-likeness (QED) is 0.327. The number of benzene rings is 3. The van der Waals surface area contributed by atoms with Gasteiger partial charge in [-0.05, 0) is 77.2 Å². The number of anilines is 2. The molecule has 148 valence electrons. The second-order valence-corrected chi connectivity index (χ2v) is 9.77. The zero-order valence-electron chi connectivity index (χ0n) is 15.5. The van der Waals surface area contributed by atoms with E-state index in [1.807, 2.05) is 30.3 Å². The lowest BCUT2D eigenvalue weighted by Crippen LogP contribution is -2.11. The molecule has 0 unspecified atom stereocenters. The number of halogens is 1. The Hall–Kier alpha value is -2.98. The van der Waals surface area contributed by atoms with Gasteiger partial charge in [0.15, 0.2) is 0 Å². The zero-order valence-corrected chi connectivity index (χ0v) is 18.5. The van der Waals surface area contributed by atoms with Crippen molar-refractivity contribution >= 4 is 65.9 Å². The summed E-state index contributed by atoms with van der Waals surface area (Å²) in [5.74, 6) is 0.703. The van der Waals surface area contributed by atoms with Gasteiger partial charge < -0.3 is 5.32 Å². The lowest BCUT2D eigenvalue weighted by Gasteiger charge is -2.10. The highest BCUT2D eigenvalue weighted by molar-refractivity contribution is 14.1. The van der Waals surface area contributed by atoms with Crippen LogP contribution in [-0.4, -0.2) is 22.4 Å². The molecule has 0 atom stereocenters. The first kappa shape index (κ1) is 19.0. The second kappa shape index (κ2) is 7.37. The Kier molecular flexibility index (Phi) is 4.67. The number of nitrogens with one attached hydrogen (secondary N) is 1. The summed E-state index contributed by atoms with van der Waals surface area (Å²) >= 11 is 2.26. The molecule has 0 saturated carbocycles. The normalized spacial score (nSPS) is 11.8. The molecule has 0 saturated heterocycles. The van der Waals surface area contributed by atoms with E-state index in [0.717, 1.165) is 25.5 Å². The summed E-state index contributed by atoms with van der Waals surface area (Å²) in [5, 5.41) is 5.07. The maximum atomic E-state index is 13.0. The molecule has 1 N–H and O–H groups in total. The fourth-order valence-electron chi connectivity index (χ4n) is 3.38. The van der Waals surface area contributed by atoms with Crippen molar-refractivity contribution in [2.24, 2.45) is 0 Å². The molecule has 30 heavy (non-hydrogen) atoms. The van der Waals surface area contributed by atoms with Crippen LogP contribution in [-0.2, 0) is 10.0 Å². The van der Waals surface area contributed by atoms with Crippen molar-refractivity contribution in [2.45, 2.75) is 4.90 Å². The van der Waals surface area contributed by atoms with Crippen LogP contribution in [0.2, 0.25) is 0 Å². The minimum atomic E-state index is -3.65. The van der Waals surface area contributed by atoms with Crippen molar-refractivity contribution in [2.75, 3.05) is 5.32 Å². The van der Waals surface area contributed by atoms with Gasteiger partial charge in [0.05, 0.1) is 15.9 Å². The number of rotatable bonds is 4. The number of hydrogen-bond acceptors (Lipinski definition) is 5. The summed E-state index contributed by atoms with van der Waals surface area (Å²) in [6.45, 7) is 0. The Bertz CT molecular complexity index is 1500. The van der Waals surface area contributed by atoms with E-state index in [1.54, 1.807) is 48.7 Å². The summed E-state index contributed by atoms with van der Waals surface area (Å²) in [6.07, 6.45) is 3.11. The molecule has 2 heterocycles. The summed E-state index contributed by atoms with van der Waals surface area (Å²) < 4.78 is 28.4. The van der Waals surface area contributed by atoms with Gasteiger partial charge in [-0.25, -0.2) is 22.4 Å². The Morgan fingerprint density at radius 1 is 0.900 bits per heavy atom. The van der Waals surface area contributed by atoms with E-state index in [9.17, 15) is 8.42 Å². The molecular formula is C22H15IN4O2S. The molecule has 0 aliphatic rings. The average Bonchev–Trinajstić information content (AvgIpc) is 3.19. The molecule has 3 aromatic carbocycles. The zero-order chi connectivity index (χ0) is 20.7. The number of fused-ring (bicyclic) bond motifs is 2. The fourth-order valence-corrected chi connectivity index (χ4v) is 5.24. The van der Waals surface area contributed by atoms with Crippen LogP contribution in [0.4, 0.5) is 11.5 Å². The first-order valence-electron chi connectivity index (χ1n) is 9.11. The monoisotopic (exact) mass is 526 g/mol.